The van der Waals surface area contributed by atoms with E-state index in [2.05, 4.69) is 57.8 Å². The van der Waals surface area contributed by atoms with Crippen molar-refractivity contribution in [3.8, 4) is 17.6 Å². The Morgan fingerprint density at radius 3 is 2.39 bits per heavy atom. The monoisotopic (exact) mass is 593 g/mol. The number of hydrogen-bond donors (Lipinski definition) is 0. The Hall–Kier alpha value is -3.51. The lowest BCUT2D eigenvalue weighted by molar-refractivity contribution is -0.126. The third-order valence-electron chi connectivity index (χ3n) is 6.11. The number of nitrogens with zero attached hydrogens (tertiary/aromatic N) is 3. The second-order valence-electron chi connectivity index (χ2n) is 8.59. The quantitative estimate of drug-likeness (QED) is 0.207. The molecule has 0 spiro atoms. The van der Waals surface area contributed by atoms with Gasteiger partial charge in [0.15, 0.2) is 11.5 Å². The number of carbonyl (C=O) groups is 1. The molecule has 0 saturated carbocycles. The summed E-state index contributed by atoms with van der Waals surface area (Å²) in [4.78, 5) is 17.1. The number of hydrogen-bond acceptors (Lipinski definition) is 5. The molecule has 0 bridgehead atoms. The third kappa shape index (κ3) is 6.18. The first kappa shape index (κ1) is 25.6. The molecule has 1 fully saturated rings. The number of anilines is 1. The van der Waals surface area contributed by atoms with Crippen LogP contribution in [0.1, 0.15) is 16.7 Å². The summed E-state index contributed by atoms with van der Waals surface area (Å²) in [6.45, 7) is 5.06. The smallest absolute Gasteiger partial charge is 0.264 e. The molecule has 4 rings (SSSR count). The number of methoxy groups -OCH3 is 1. The van der Waals surface area contributed by atoms with Crippen LogP contribution in [0.15, 0.2) is 72.3 Å². The van der Waals surface area contributed by atoms with Gasteiger partial charge in [0.05, 0.1) is 10.7 Å². The van der Waals surface area contributed by atoms with Crippen LogP contribution in [-0.4, -0.2) is 44.1 Å². The summed E-state index contributed by atoms with van der Waals surface area (Å²) in [5, 5.41) is 9.76. The minimum absolute atomic E-state index is 0.106. The van der Waals surface area contributed by atoms with Crippen molar-refractivity contribution in [2.45, 2.75) is 13.5 Å². The number of amides is 1. The highest BCUT2D eigenvalue weighted by molar-refractivity contribution is 14.1. The van der Waals surface area contributed by atoms with Crippen LogP contribution in [0.3, 0.4) is 0 Å². The zero-order chi connectivity index (χ0) is 25.5. The number of para-hydroxylation sites is 1. The molecule has 3 aromatic carbocycles. The molecule has 1 aliphatic rings. The maximum atomic E-state index is 13.1. The summed E-state index contributed by atoms with van der Waals surface area (Å²) >= 11 is 2.19. The van der Waals surface area contributed by atoms with Gasteiger partial charge in [0.2, 0.25) is 0 Å². The predicted molar refractivity (Wildman–Crippen MR) is 150 cm³/mol. The van der Waals surface area contributed by atoms with Crippen LogP contribution in [0.5, 0.6) is 11.5 Å². The van der Waals surface area contributed by atoms with Crippen LogP contribution < -0.4 is 14.4 Å². The number of carbonyl (C=O) groups excluding carboxylic acids is 1. The first-order valence-electron chi connectivity index (χ1n) is 11.8. The van der Waals surface area contributed by atoms with E-state index in [1.165, 1.54) is 5.56 Å². The van der Waals surface area contributed by atoms with Gasteiger partial charge in [-0.15, -0.1) is 0 Å². The number of ether oxygens (including phenoxy) is 2. The van der Waals surface area contributed by atoms with Crippen molar-refractivity contribution in [1.82, 2.24) is 4.90 Å². The minimum Gasteiger partial charge on any atom is -0.493 e. The molecule has 0 radical (unpaired) electrons. The molecule has 1 amide bonds. The number of piperazine rings is 1. The maximum absolute atomic E-state index is 13.1. The van der Waals surface area contributed by atoms with Crippen molar-refractivity contribution in [3.63, 3.8) is 0 Å². The van der Waals surface area contributed by atoms with Gasteiger partial charge < -0.3 is 19.3 Å². The normalized spacial score (nSPS) is 13.8. The van der Waals surface area contributed by atoms with E-state index < -0.39 is 0 Å². The molecule has 1 saturated heterocycles. The number of aryl methyl sites for hydroxylation is 1. The van der Waals surface area contributed by atoms with Crippen molar-refractivity contribution in [3.05, 3.63) is 92.6 Å². The molecule has 1 heterocycles. The van der Waals surface area contributed by atoms with E-state index in [0.29, 0.717) is 36.8 Å². The van der Waals surface area contributed by atoms with Crippen molar-refractivity contribution in [1.29, 1.82) is 5.26 Å². The first-order valence-corrected chi connectivity index (χ1v) is 12.8. The van der Waals surface area contributed by atoms with E-state index in [1.54, 1.807) is 24.2 Å². The largest absolute Gasteiger partial charge is 0.493 e. The standard InChI is InChI=1S/C29H28IN3O3/c1-21-8-10-22(11-9-21)20-36-28-26(30)17-23(18-27(28)35-2)16-24(19-31)29(34)33-14-12-32(13-15-33)25-6-4-3-5-7-25/h3-11,16-18H,12-15,20H2,1-2H3/b24-16-. The zero-order valence-electron chi connectivity index (χ0n) is 20.4. The Morgan fingerprint density at radius 1 is 1.06 bits per heavy atom. The third-order valence-corrected chi connectivity index (χ3v) is 6.91. The molecule has 0 unspecified atom stereocenters. The number of rotatable bonds is 7. The Kier molecular flexibility index (Phi) is 8.49. The Morgan fingerprint density at radius 2 is 1.75 bits per heavy atom. The number of halogens is 1. The van der Waals surface area contributed by atoms with Crippen LogP contribution in [0.25, 0.3) is 6.08 Å². The van der Waals surface area contributed by atoms with Gasteiger partial charge in [0.1, 0.15) is 18.2 Å². The van der Waals surface area contributed by atoms with E-state index in [1.807, 2.05) is 43.3 Å². The average molecular weight is 593 g/mol. The molecule has 7 heteroatoms. The minimum atomic E-state index is -0.251. The molecular weight excluding hydrogens is 565 g/mol. The second-order valence-corrected chi connectivity index (χ2v) is 9.76. The van der Waals surface area contributed by atoms with Crippen molar-refractivity contribution < 1.29 is 14.3 Å². The van der Waals surface area contributed by atoms with E-state index in [9.17, 15) is 10.1 Å². The second kappa shape index (κ2) is 12.0. The molecule has 6 nitrogen and oxygen atoms in total. The fourth-order valence-corrected chi connectivity index (χ4v) is 4.87. The van der Waals surface area contributed by atoms with Crippen LogP contribution in [0, 0.1) is 21.8 Å². The lowest BCUT2D eigenvalue weighted by Gasteiger charge is -2.36. The van der Waals surface area contributed by atoms with E-state index in [-0.39, 0.29) is 11.5 Å². The van der Waals surface area contributed by atoms with Gasteiger partial charge in [-0.25, -0.2) is 0 Å². The van der Waals surface area contributed by atoms with Gasteiger partial charge in [-0.3, -0.25) is 4.79 Å². The molecule has 184 valence electrons. The summed E-state index contributed by atoms with van der Waals surface area (Å²) in [6.07, 6.45) is 1.63. The van der Waals surface area contributed by atoms with Crippen LogP contribution in [0.2, 0.25) is 0 Å². The highest BCUT2D eigenvalue weighted by Crippen LogP contribution is 2.35. The number of benzene rings is 3. The van der Waals surface area contributed by atoms with E-state index in [0.717, 1.165) is 27.9 Å². The molecule has 0 atom stereocenters. The van der Waals surface area contributed by atoms with Gasteiger partial charge in [-0.05, 0) is 71.0 Å². The molecule has 0 aliphatic carbocycles. The Labute approximate surface area is 225 Å². The van der Waals surface area contributed by atoms with Crippen LogP contribution in [0.4, 0.5) is 5.69 Å². The van der Waals surface area contributed by atoms with Gasteiger partial charge >= 0.3 is 0 Å². The fraction of sp³-hybridized carbons (Fsp3) is 0.241. The maximum Gasteiger partial charge on any atom is 0.264 e. The summed E-state index contributed by atoms with van der Waals surface area (Å²) in [5.41, 5.74) is 4.23. The average Bonchev–Trinajstić information content (AvgIpc) is 2.92. The van der Waals surface area contributed by atoms with Crippen LogP contribution in [-0.2, 0) is 11.4 Å². The topological polar surface area (TPSA) is 65.8 Å². The summed E-state index contributed by atoms with van der Waals surface area (Å²) in [6, 6.07) is 24.1. The van der Waals surface area contributed by atoms with Gasteiger partial charge in [-0.2, -0.15) is 5.26 Å². The molecule has 1 aliphatic heterocycles. The van der Waals surface area contributed by atoms with Gasteiger partial charge in [-0.1, -0.05) is 48.0 Å². The zero-order valence-corrected chi connectivity index (χ0v) is 22.6. The Balaban J connectivity index is 1.46. The van der Waals surface area contributed by atoms with Crippen LogP contribution >= 0.6 is 22.6 Å². The molecule has 36 heavy (non-hydrogen) atoms. The summed E-state index contributed by atoms with van der Waals surface area (Å²) in [7, 11) is 1.58. The van der Waals surface area contributed by atoms with Gasteiger partial charge in [0.25, 0.3) is 5.91 Å². The highest BCUT2D eigenvalue weighted by atomic mass is 127. The molecule has 0 aromatic heterocycles. The van der Waals surface area contributed by atoms with E-state index >= 15 is 0 Å². The Bertz CT molecular complexity index is 1280. The van der Waals surface area contributed by atoms with Crippen molar-refractivity contribution in [2.24, 2.45) is 0 Å². The summed E-state index contributed by atoms with van der Waals surface area (Å²) in [5.74, 6) is 0.943. The van der Waals surface area contributed by atoms with Crippen molar-refractivity contribution in [2.75, 3.05) is 38.2 Å². The molecule has 3 aromatic rings. The SMILES string of the molecule is COc1cc(/C=C(/C#N)C(=O)N2CCN(c3ccccc3)CC2)cc(I)c1OCc1ccc(C)cc1. The molecular formula is C29H28IN3O3. The highest BCUT2D eigenvalue weighted by Gasteiger charge is 2.24. The predicted octanol–water partition coefficient (Wildman–Crippen LogP) is 5.44. The fourth-order valence-electron chi connectivity index (χ4n) is 4.09. The molecule has 0 N–H and O–H groups in total. The van der Waals surface area contributed by atoms with E-state index in [4.69, 9.17) is 9.47 Å². The lowest BCUT2D eigenvalue weighted by atomic mass is 10.1. The number of nitriles is 1. The summed E-state index contributed by atoms with van der Waals surface area (Å²) < 4.78 is 12.5. The van der Waals surface area contributed by atoms with Crippen molar-refractivity contribution >= 4 is 40.3 Å². The lowest BCUT2D eigenvalue weighted by Crippen LogP contribution is -2.49. The van der Waals surface area contributed by atoms with Gasteiger partial charge in [0, 0.05) is 31.9 Å². The first-order chi connectivity index (χ1) is 17.5.